The summed E-state index contributed by atoms with van der Waals surface area (Å²) in [6.45, 7) is 2.44. The van der Waals surface area contributed by atoms with Crippen molar-refractivity contribution in [2.75, 3.05) is 6.54 Å². The highest BCUT2D eigenvalue weighted by atomic mass is 79.9. The van der Waals surface area contributed by atoms with E-state index < -0.39 is 0 Å². The lowest BCUT2D eigenvalue weighted by atomic mass is 9.78. The molecule has 1 aromatic rings. The molecule has 2 aliphatic rings. The molecular formula is C16H22BrN. The molecule has 2 heteroatoms. The number of nitrogens with zero attached hydrogens (tertiary/aromatic N) is 1. The van der Waals surface area contributed by atoms with Crippen molar-refractivity contribution in [2.45, 2.75) is 51.1 Å². The SMILES string of the molecule is Brc1cccc(CN2CCC[C@H]3CCCC[C@H]32)c1. The number of fused-ring (bicyclic) bond motifs is 1. The van der Waals surface area contributed by atoms with Crippen LogP contribution in [0.4, 0.5) is 0 Å². The van der Waals surface area contributed by atoms with E-state index in [0.29, 0.717) is 0 Å². The van der Waals surface area contributed by atoms with Crippen molar-refractivity contribution < 1.29 is 0 Å². The Morgan fingerprint density at radius 1 is 1.11 bits per heavy atom. The molecule has 1 aliphatic carbocycles. The zero-order valence-corrected chi connectivity index (χ0v) is 12.5. The highest BCUT2D eigenvalue weighted by Gasteiger charge is 2.32. The van der Waals surface area contributed by atoms with E-state index in [9.17, 15) is 0 Å². The van der Waals surface area contributed by atoms with Crippen molar-refractivity contribution in [3.8, 4) is 0 Å². The van der Waals surface area contributed by atoms with Gasteiger partial charge in [0.1, 0.15) is 0 Å². The Bertz CT molecular complexity index is 402. The van der Waals surface area contributed by atoms with Crippen LogP contribution < -0.4 is 0 Å². The van der Waals surface area contributed by atoms with Gasteiger partial charge in [-0.05, 0) is 55.8 Å². The zero-order chi connectivity index (χ0) is 12.4. The third-order valence-corrected chi connectivity index (χ3v) is 5.13. The summed E-state index contributed by atoms with van der Waals surface area (Å²) >= 11 is 3.58. The number of rotatable bonds is 2. The summed E-state index contributed by atoms with van der Waals surface area (Å²) in [6.07, 6.45) is 8.68. The van der Waals surface area contributed by atoms with E-state index in [2.05, 4.69) is 45.1 Å². The first-order chi connectivity index (χ1) is 8.83. The van der Waals surface area contributed by atoms with Crippen molar-refractivity contribution in [1.29, 1.82) is 0 Å². The molecule has 0 unspecified atom stereocenters. The second-order valence-corrected chi connectivity index (χ2v) is 6.77. The Morgan fingerprint density at radius 3 is 2.83 bits per heavy atom. The fraction of sp³-hybridized carbons (Fsp3) is 0.625. The predicted octanol–water partition coefficient (Wildman–Crippen LogP) is 4.60. The smallest absolute Gasteiger partial charge is 0.0237 e. The molecule has 0 radical (unpaired) electrons. The molecule has 1 saturated heterocycles. The third kappa shape index (κ3) is 2.80. The van der Waals surface area contributed by atoms with Crippen molar-refractivity contribution in [3.63, 3.8) is 0 Å². The maximum atomic E-state index is 3.58. The van der Waals surface area contributed by atoms with E-state index in [1.807, 2.05) is 0 Å². The van der Waals surface area contributed by atoms with Crippen LogP contribution in [0.3, 0.4) is 0 Å². The van der Waals surface area contributed by atoms with Gasteiger partial charge >= 0.3 is 0 Å². The van der Waals surface area contributed by atoms with Gasteiger partial charge in [-0.15, -0.1) is 0 Å². The minimum atomic E-state index is 0.867. The minimum Gasteiger partial charge on any atom is -0.296 e. The largest absolute Gasteiger partial charge is 0.296 e. The molecule has 0 N–H and O–H groups in total. The molecule has 0 spiro atoms. The molecule has 0 bridgehead atoms. The first-order valence-electron chi connectivity index (χ1n) is 7.31. The van der Waals surface area contributed by atoms with Gasteiger partial charge in [-0.25, -0.2) is 0 Å². The van der Waals surface area contributed by atoms with Crippen LogP contribution in [0.5, 0.6) is 0 Å². The van der Waals surface area contributed by atoms with Crippen LogP contribution in [-0.4, -0.2) is 17.5 Å². The Labute approximate surface area is 119 Å². The average molecular weight is 308 g/mol. The lowest BCUT2D eigenvalue weighted by molar-refractivity contribution is 0.0547. The standard InChI is InChI=1S/C16H22BrN/c17-15-8-3-5-13(11-15)12-18-10-4-7-14-6-1-2-9-16(14)18/h3,5,8,11,14,16H,1-2,4,6-7,9-10,12H2/t14-,16-/m1/s1. The number of hydrogen-bond acceptors (Lipinski definition) is 1. The summed E-state index contributed by atoms with van der Waals surface area (Å²) in [5.74, 6) is 0.986. The molecule has 2 atom stereocenters. The minimum absolute atomic E-state index is 0.867. The van der Waals surface area contributed by atoms with E-state index in [0.717, 1.165) is 18.5 Å². The van der Waals surface area contributed by atoms with Crippen molar-refractivity contribution in [3.05, 3.63) is 34.3 Å². The molecule has 0 aromatic heterocycles. The Hall–Kier alpha value is -0.340. The van der Waals surface area contributed by atoms with Crippen LogP contribution in [0.15, 0.2) is 28.7 Å². The molecular weight excluding hydrogens is 286 g/mol. The van der Waals surface area contributed by atoms with Gasteiger partial charge in [0.2, 0.25) is 0 Å². The molecule has 0 amide bonds. The fourth-order valence-electron chi connectivity index (χ4n) is 3.79. The van der Waals surface area contributed by atoms with Gasteiger partial charge in [-0.1, -0.05) is 40.9 Å². The lowest BCUT2D eigenvalue weighted by Crippen LogP contribution is -2.46. The van der Waals surface area contributed by atoms with E-state index in [1.54, 1.807) is 0 Å². The first kappa shape index (κ1) is 12.7. The Morgan fingerprint density at radius 2 is 1.94 bits per heavy atom. The summed E-state index contributed by atoms with van der Waals surface area (Å²) < 4.78 is 1.21. The second kappa shape index (κ2) is 5.75. The van der Waals surface area contributed by atoms with E-state index >= 15 is 0 Å². The summed E-state index contributed by atoms with van der Waals surface area (Å²) in [6, 6.07) is 9.67. The van der Waals surface area contributed by atoms with Gasteiger partial charge in [-0.2, -0.15) is 0 Å². The molecule has 98 valence electrons. The molecule has 3 rings (SSSR count). The van der Waals surface area contributed by atoms with Gasteiger partial charge in [0.05, 0.1) is 0 Å². The van der Waals surface area contributed by atoms with Gasteiger partial charge < -0.3 is 0 Å². The quantitative estimate of drug-likeness (QED) is 0.771. The molecule has 1 nitrogen and oxygen atoms in total. The van der Waals surface area contributed by atoms with E-state index in [-0.39, 0.29) is 0 Å². The Balaban J connectivity index is 1.71. The first-order valence-corrected chi connectivity index (χ1v) is 8.11. The molecule has 1 aliphatic heterocycles. The number of hydrogen-bond donors (Lipinski definition) is 0. The fourth-order valence-corrected chi connectivity index (χ4v) is 4.24. The Kier molecular flexibility index (Phi) is 4.05. The highest BCUT2D eigenvalue weighted by Crippen LogP contribution is 2.36. The predicted molar refractivity (Wildman–Crippen MR) is 79.5 cm³/mol. The summed E-state index contributed by atoms with van der Waals surface area (Å²) in [7, 11) is 0. The summed E-state index contributed by atoms with van der Waals surface area (Å²) in [5.41, 5.74) is 1.45. The number of piperidine rings is 1. The molecule has 1 heterocycles. The van der Waals surface area contributed by atoms with E-state index in [4.69, 9.17) is 0 Å². The van der Waals surface area contributed by atoms with Gasteiger partial charge in [0, 0.05) is 17.1 Å². The third-order valence-electron chi connectivity index (χ3n) is 4.63. The molecule has 1 aromatic carbocycles. The molecule has 2 fully saturated rings. The monoisotopic (exact) mass is 307 g/mol. The van der Waals surface area contributed by atoms with Crippen LogP contribution in [0.25, 0.3) is 0 Å². The maximum absolute atomic E-state index is 3.58. The number of benzene rings is 1. The van der Waals surface area contributed by atoms with Crippen LogP contribution in [0, 0.1) is 5.92 Å². The van der Waals surface area contributed by atoms with Crippen LogP contribution >= 0.6 is 15.9 Å². The molecule has 1 saturated carbocycles. The zero-order valence-electron chi connectivity index (χ0n) is 10.9. The highest BCUT2D eigenvalue weighted by molar-refractivity contribution is 9.10. The van der Waals surface area contributed by atoms with Crippen LogP contribution in [0.1, 0.15) is 44.1 Å². The number of likely N-dealkylation sites (tertiary alicyclic amines) is 1. The molecule has 18 heavy (non-hydrogen) atoms. The van der Waals surface area contributed by atoms with Crippen molar-refractivity contribution in [1.82, 2.24) is 4.90 Å². The van der Waals surface area contributed by atoms with Crippen LogP contribution in [-0.2, 0) is 6.54 Å². The van der Waals surface area contributed by atoms with Gasteiger partial charge in [-0.3, -0.25) is 4.90 Å². The normalized spacial score (nSPS) is 28.9. The van der Waals surface area contributed by atoms with Crippen LogP contribution in [0.2, 0.25) is 0 Å². The lowest BCUT2D eigenvalue weighted by Gasteiger charge is -2.44. The average Bonchev–Trinajstić information content (AvgIpc) is 2.39. The topological polar surface area (TPSA) is 3.24 Å². The summed E-state index contributed by atoms with van der Waals surface area (Å²) in [5, 5.41) is 0. The van der Waals surface area contributed by atoms with E-state index in [1.165, 1.54) is 55.1 Å². The van der Waals surface area contributed by atoms with Crippen molar-refractivity contribution >= 4 is 15.9 Å². The maximum Gasteiger partial charge on any atom is 0.0237 e. The van der Waals surface area contributed by atoms with Crippen molar-refractivity contribution in [2.24, 2.45) is 5.92 Å². The van der Waals surface area contributed by atoms with Gasteiger partial charge in [0.25, 0.3) is 0 Å². The second-order valence-electron chi connectivity index (χ2n) is 5.85. The summed E-state index contributed by atoms with van der Waals surface area (Å²) in [4.78, 5) is 2.75. The number of halogens is 1. The van der Waals surface area contributed by atoms with Gasteiger partial charge in [0.15, 0.2) is 0 Å².